The molecule has 0 saturated heterocycles. The van der Waals surface area contributed by atoms with E-state index >= 15 is 0 Å². The van der Waals surface area contributed by atoms with E-state index in [1.807, 2.05) is 20.8 Å². The van der Waals surface area contributed by atoms with Crippen molar-refractivity contribution in [2.24, 2.45) is 5.92 Å². The van der Waals surface area contributed by atoms with E-state index in [4.69, 9.17) is 0 Å². The van der Waals surface area contributed by atoms with Crippen molar-refractivity contribution in [2.75, 3.05) is 13.1 Å². The highest BCUT2D eigenvalue weighted by atomic mass is 79.9. The van der Waals surface area contributed by atoms with Crippen molar-refractivity contribution in [1.82, 2.24) is 10.6 Å². The van der Waals surface area contributed by atoms with E-state index in [1.165, 1.54) is 6.07 Å². The molecule has 0 fully saturated rings. The lowest BCUT2D eigenvalue weighted by atomic mass is 10.1. The second-order valence-electron chi connectivity index (χ2n) is 4.79. The first kappa shape index (κ1) is 16.1. The molecule has 0 saturated carbocycles. The molecule has 0 heterocycles. The Morgan fingerprint density at radius 1 is 1.32 bits per heavy atom. The summed E-state index contributed by atoms with van der Waals surface area (Å²) in [5, 5.41) is 6.00. The molecule has 0 aromatic heterocycles. The van der Waals surface area contributed by atoms with Gasteiger partial charge >= 0.3 is 0 Å². The Bertz CT molecular complexity index is 437. The average molecular weight is 331 g/mol. The lowest BCUT2D eigenvalue weighted by molar-refractivity contribution is -0.123. The molecule has 106 valence electrons. The number of amides is 1. The van der Waals surface area contributed by atoms with Crippen LogP contribution in [0.25, 0.3) is 0 Å². The fourth-order valence-corrected chi connectivity index (χ4v) is 2.01. The van der Waals surface area contributed by atoms with Crippen LogP contribution in [0, 0.1) is 11.7 Å². The van der Waals surface area contributed by atoms with Gasteiger partial charge in [0.25, 0.3) is 0 Å². The maximum absolute atomic E-state index is 13.6. The van der Waals surface area contributed by atoms with Crippen molar-refractivity contribution in [3.8, 4) is 0 Å². The molecule has 1 atom stereocenters. The molecule has 1 aromatic carbocycles. The number of hydrogen-bond donors (Lipinski definition) is 2. The third kappa shape index (κ3) is 5.28. The Hall–Kier alpha value is -0.940. The Morgan fingerprint density at radius 3 is 2.63 bits per heavy atom. The maximum atomic E-state index is 13.6. The van der Waals surface area contributed by atoms with E-state index in [0.717, 1.165) is 4.47 Å². The first-order valence-corrected chi connectivity index (χ1v) is 7.17. The van der Waals surface area contributed by atoms with Crippen molar-refractivity contribution in [1.29, 1.82) is 0 Å². The summed E-state index contributed by atoms with van der Waals surface area (Å²) >= 11 is 3.33. The molecule has 19 heavy (non-hydrogen) atoms. The lowest BCUT2D eigenvalue weighted by Gasteiger charge is -2.16. The van der Waals surface area contributed by atoms with Crippen LogP contribution in [-0.4, -0.2) is 19.0 Å². The minimum atomic E-state index is -0.227. The van der Waals surface area contributed by atoms with E-state index in [1.54, 1.807) is 12.1 Å². The van der Waals surface area contributed by atoms with Gasteiger partial charge in [0.05, 0.1) is 0 Å². The highest BCUT2D eigenvalue weighted by Crippen LogP contribution is 2.21. The number of benzene rings is 1. The summed E-state index contributed by atoms with van der Waals surface area (Å²) in [6.07, 6.45) is 0. The van der Waals surface area contributed by atoms with E-state index in [2.05, 4.69) is 26.6 Å². The van der Waals surface area contributed by atoms with Gasteiger partial charge in [-0.3, -0.25) is 4.79 Å². The minimum absolute atomic E-state index is 0.0139. The van der Waals surface area contributed by atoms with Crippen molar-refractivity contribution in [2.45, 2.75) is 26.8 Å². The van der Waals surface area contributed by atoms with Gasteiger partial charge in [-0.05, 0) is 25.1 Å². The summed E-state index contributed by atoms with van der Waals surface area (Å²) < 4.78 is 14.5. The predicted molar refractivity (Wildman–Crippen MR) is 78.4 cm³/mol. The van der Waals surface area contributed by atoms with Crippen molar-refractivity contribution >= 4 is 21.8 Å². The number of carbonyl (C=O) groups is 1. The van der Waals surface area contributed by atoms with E-state index in [-0.39, 0.29) is 23.7 Å². The molecule has 1 unspecified atom stereocenters. The summed E-state index contributed by atoms with van der Waals surface area (Å²) in [7, 11) is 0. The van der Waals surface area contributed by atoms with Crippen LogP contribution in [0.15, 0.2) is 22.7 Å². The van der Waals surface area contributed by atoms with Crippen LogP contribution < -0.4 is 10.6 Å². The molecule has 0 aliphatic rings. The van der Waals surface area contributed by atoms with Crippen LogP contribution in [-0.2, 0) is 4.79 Å². The highest BCUT2D eigenvalue weighted by Gasteiger charge is 2.11. The molecule has 1 aromatic rings. The topological polar surface area (TPSA) is 41.1 Å². The van der Waals surface area contributed by atoms with Crippen LogP contribution >= 0.6 is 15.9 Å². The molecule has 1 amide bonds. The van der Waals surface area contributed by atoms with Gasteiger partial charge in [-0.2, -0.15) is 0 Å². The summed E-state index contributed by atoms with van der Waals surface area (Å²) in [5.41, 5.74) is 0.615. The molecule has 1 rings (SSSR count). The van der Waals surface area contributed by atoms with Gasteiger partial charge < -0.3 is 10.6 Å². The molecular weight excluding hydrogens is 311 g/mol. The third-order valence-corrected chi connectivity index (χ3v) is 3.32. The van der Waals surface area contributed by atoms with Crippen LogP contribution in [0.3, 0.4) is 0 Å². The fourth-order valence-electron chi connectivity index (χ4n) is 1.63. The number of halogens is 2. The molecular formula is C14H20BrFN2O. The van der Waals surface area contributed by atoms with Crippen molar-refractivity contribution in [3.63, 3.8) is 0 Å². The zero-order valence-corrected chi connectivity index (χ0v) is 13.1. The summed E-state index contributed by atoms with van der Waals surface area (Å²) in [6, 6.07) is 4.78. The van der Waals surface area contributed by atoms with Gasteiger partial charge in [-0.25, -0.2) is 4.39 Å². The zero-order chi connectivity index (χ0) is 14.4. The van der Waals surface area contributed by atoms with Crippen molar-refractivity contribution in [3.05, 3.63) is 34.1 Å². The summed E-state index contributed by atoms with van der Waals surface area (Å²) in [4.78, 5) is 11.4. The van der Waals surface area contributed by atoms with Gasteiger partial charge in [0, 0.05) is 35.1 Å². The second kappa shape index (κ2) is 7.60. The molecule has 2 N–H and O–H groups in total. The Morgan fingerprint density at radius 2 is 2.00 bits per heavy atom. The zero-order valence-electron chi connectivity index (χ0n) is 11.5. The molecule has 0 aliphatic heterocycles. The van der Waals surface area contributed by atoms with Crippen LogP contribution in [0.1, 0.15) is 32.4 Å². The van der Waals surface area contributed by atoms with E-state index in [0.29, 0.717) is 18.7 Å². The van der Waals surface area contributed by atoms with Crippen LogP contribution in [0.5, 0.6) is 0 Å². The molecule has 0 aliphatic carbocycles. The predicted octanol–water partition coefficient (Wildman–Crippen LogP) is 3.01. The Labute approximate surface area is 122 Å². The normalized spacial score (nSPS) is 12.5. The Balaban J connectivity index is 2.41. The second-order valence-corrected chi connectivity index (χ2v) is 5.70. The number of rotatable bonds is 6. The molecule has 0 radical (unpaired) electrons. The first-order chi connectivity index (χ1) is 8.91. The molecule has 5 heteroatoms. The standard InChI is InChI=1S/C14H20BrFN2O/c1-9(2)14(19)18-7-6-17-10(3)12-8-11(15)4-5-13(12)16/h4-5,8-10,17H,6-7H2,1-3H3,(H,18,19). The Kier molecular flexibility index (Phi) is 6.45. The molecule has 3 nitrogen and oxygen atoms in total. The van der Waals surface area contributed by atoms with Gasteiger partial charge in [-0.15, -0.1) is 0 Å². The summed E-state index contributed by atoms with van der Waals surface area (Å²) in [5.74, 6) is -0.211. The maximum Gasteiger partial charge on any atom is 0.222 e. The van der Waals surface area contributed by atoms with Crippen molar-refractivity contribution < 1.29 is 9.18 Å². The van der Waals surface area contributed by atoms with Gasteiger partial charge in [0.15, 0.2) is 0 Å². The van der Waals surface area contributed by atoms with Gasteiger partial charge in [0.2, 0.25) is 5.91 Å². The van der Waals surface area contributed by atoms with Gasteiger partial charge in [0.1, 0.15) is 5.82 Å². The summed E-state index contributed by atoms with van der Waals surface area (Å²) in [6.45, 7) is 6.74. The molecule has 0 spiro atoms. The largest absolute Gasteiger partial charge is 0.355 e. The first-order valence-electron chi connectivity index (χ1n) is 6.38. The lowest BCUT2D eigenvalue weighted by Crippen LogP contribution is -2.35. The quantitative estimate of drug-likeness (QED) is 0.787. The number of carbonyl (C=O) groups excluding carboxylic acids is 1. The smallest absolute Gasteiger partial charge is 0.222 e. The SMILES string of the molecule is CC(C)C(=O)NCCNC(C)c1cc(Br)ccc1F. The van der Waals surface area contributed by atoms with E-state index in [9.17, 15) is 9.18 Å². The highest BCUT2D eigenvalue weighted by molar-refractivity contribution is 9.10. The monoisotopic (exact) mass is 330 g/mol. The number of nitrogens with one attached hydrogen (secondary N) is 2. The fraction of sp³-hybridized carbons (Fsp3) is 0.500. The van der Waals surface area contributed by atoms with Crippen LogP contribution in [0.2, 0.25) is 0 Å². The van der Waals surface area contributed by atoms with E-state index < -0.39 is 0 Å². The minimum Gasteiger partial charge on any atom is -0.355 e. The number of hydrogen-bond acceptors (Lipinski definition) is 2. The van der Waals surface area contributed by atoms with Gasteiger partial charge in [-0.1, -0.05) is 29.8 Å². The van der Waals surface area contributed by atoms with Crippen LogP contribution in [0.4, 0.5) is 4.39 Å². The average Bonchev–Trinajstić information content (AvgIpc) is 2.36. The molecule has 0 bridgehead atoms. The third-order valence-electron chi connectivity index (χ3n) is 2.82.